The summed E-state index contributed by atoms with van der Waals surface area (Å²) in [7, 11) is 0. The highest BCUT2D eigenvalue weighted by molar-refractivity contribution is 6.06. The summed E-state index contributed by atoms with van der Waals surface area (Å²) < 4.78 is 0. The van der Waals surface area contributed by atoms with Gasteiger partial charge in [0, 0.05) is 11.5 Å². The SMILES string of the molecule is O=C(Nc1nc2ccccc2[nH]1)c1cc2cccc([N+](=O)[O-])c2[nH]1. The first-order valence-electron chi connectivity index (χ1n) is 7.14. The molecule has 2 heterocycles. The molecule has 0 atom stereocenters. The average molecular weight is 321 g/mol. The highest BCUT2D eigenvalue weighted by Gasteiger charge is 2.17. The number of nitrogens with one attached hydrogen (secondary N) is 3. The number of hydrogen-bond donors (Lipinski definition) is 3. The van der Waals surface area contributed by atoms with Gasteiger partial charge in [0.2, 0.25) is 5.95 Å². The Hall–Kier alpha value is -3.68. The predicted molar refractivity (Wildman–Crippen MR) is 89.0 cm³/mol. The second kappa shape index (κ2) is 5.20. The molecule has 0 saturated heterocycles. The van der Waals surface area contributed by atoms with Gasteiger partial charge in [0.1, 0.15) is 11.2 Å². The molecule has 24 heavy (non-hydrogen) atoms. The fourth-order valence-corrected chi connectivity index (χ4v) is 2.60. The van der Waals surface area contributed by atoms with E-state index in [1.807, 2.05) is 24.3 Å². The van der Waals surface area contributed by atoms with E-state index in [-0.39, 0.29) is 11.4 Å². The van der Waals surface area contributed by atoms with E-state index in [0.29, 0.717) is 16.9 Å². The Morgan fingerprint density at radius 1 is 1.12 bits per heavy atom. The smallest absolute Gasteiger partial charge is 0.293 e. The lowest BCUT2D eigenvalue weighted by Crippen LogP contribution is -2.13. The number of carbonyl (C=O) groups is 1. The molecule has 118 valence electrons. The first-order valence-corrected chi connectivity index (χ1v) is 7.14. The lowest BCUT2D eigenvalue weighted by Gasteiger charge is -1.98. The number of benzene rings is 2. The topological polar surface area (TPSA) is 117 Å². The second-order valence-corrected chi connectivity index (χ2v) is 5.24. The third-order valence-corrected chi connectivity index (χ3v) is 3.70. The number of non-ortho nitro benzene ring substituents is 1. The van der Waals surface area contributed by atoms with E-state index in [1.165, 1.54) is 6.07 Å². The van der Waals surface area contributed by atoms with Crippen LogP contribution in [0.25, 0.3) is 21.9 Å². The van der Waals surface area contributed by atoms with Crippen molar-refractivity contribution in [1.29, 1.82) is 0 Å². The van der Waals surface area contributed by atoms with Gasteiger partial charge in [-0.15, -0.1) is 0 Å². The average Bonchev–Trinajstić information content (AvgIpc) is 3.17. The van der Waals surface area contributed by atoms with Crippen molar-refractivity contribution >= 4 is 39.5 Å². The summed E-state index contributed by atoms with van der Waals surface area (Å²) in [4.78, 5) is 33.0. The fourth-order valence-electron chi connectivity index (χ4n) is 2.60. The van der Waals surface area contributed by atoms with E-state index >= 15 is 0 Å². The molecule has 0 unspecified atom stereocenters. The van der Waals surface area contributed by atoms with E-state index in [0.717, 1.165) is 11.0 Å². The van der Waals surface area contributed by atoms with Crippen molar-refractivity contribution in [3.05, 3.63) is 64.3 Å². The molecule has 0 aliphatic rings. The monoisotopic (exact) mass is 321 g/mol. The van der Waals surface area contributed by atoms with Gasteiger partial charge in [-0.3, -0.25) is 20.2 Å². The summed E-state index contributed by atoms with van der Waals surface area (Å²) in [5.41, 5.74) is 2.01. The summed E-state index contributed by atoms with van der Waals surface area (Å²) in [6.45, 7) is 0. The van der Waals surface area contributed by atoms with Crippen molar-refractivity contribution in [3.8, 4) is 0 Å². The van der Waals surface area contributed by atoms with Crippen LogP contribution in [0.5, 0.6) is 0 Å². The second-order valence-electron chi connectivity index (χ2n) is 5.24. The zero-order valence-electron chi connectivity index (χ0n) is 12.2. The van der Waals surface area contributed by atoms with Gasteiger partial charge in [-0.1, -0.05) is 24.3 Å². The molecule has 3 N–H and O–H groups in total. The van der Waals surface area contributed by atoms with Gasteiger partial charge in [-0.2, -0.15) is 0 Å². The first kappa shape index (κ1) is 13.9. The van der Waals surface area contributed by atoms with Crippen LogP contribution in [-0.2, 0) is 0 Å². The molecule has 0 spiro atoms. The first-order chi connectivity index (χ1) is 11.6. The van der Waals surface area contributed by atoms with Gasteiger partial charge in [-0.05, 0) is 18.2 Å². The van der Waals surface area contributed by atoms with Crippen LogP contribution in [0.1, 0.15) is 10.5 Å². The number of aromatic nitrogens is 3. The summed E-state index contributed by atoms with van der Waals surface area (Å²) in [5.74, 6) is -0.117. The van der Waals surface area contributed by atoms with Crippen LogP contribution >= 0.6 is 0 Å². The maximum Gasteiger partial charge on any atom is 0.293 e. The number of nitro benzene ring substituents is 1. The summed E-state index contributed by atoms with van der Waals surface area (Å²) in [5, 5.41) is 14.3. The number of para-hydroxylation sites is 3. The molecular formula is C16H11N5O3. The molecule has 1 amide bonds. The van der Waals surface area contributed by atoms with Crippen molar-refractivity contribution < 1.29 is 9.72 Å². The van der Waals surface area contributed by atoms with E-state index in [2.05, 4.69) is 20.3 Å². The molecule has 4 rings (SSSR count). The molecule has 0 bridgehead atoms. The summed E-state index contributed by atoms with van der Waals surface area (Å²) >= 11 is 0. The van der Waals surface area contributed by atoms with Crippen LogP contribution in [0.4, 0.5) is 11.6 Å². The van der Waals surface area contributed by atoms with Crippen molar-refractivity contribution in [2.75, 3.05) is 5.32 Å². The van der Waals surface area contributed by atoms with Crippen molar-refractivity contribution in [2.24, 2.45) is 0 Å². The number of amides is 1. The largest absolute Gasteiger partial charge is 0.345 e. The van der Waals surface area contributed by atoms with Gasteiger partial charge in [0.25, 0.3) is 11.6 Å². The molecule has 0 saturated carbocycles. The van der Waals surface area contributed by atoms with Gasteiger partial charge < -0.3 is 9.97 Å². The van der Waals surface area contributed by atoms with Gasteiger partial charge in [0.15, 0.2) is 0 Å². The number of hydrogen-bond acceptors (Lipinski definition) is 4. The number of anilines is 1. The van der Waals surface area contributed by atoms with Crippen LogP contribution in [0.15, 0.2) is 48.5 Å². The standard InChI is InChI=1S/C16H11N5O3/c22-15(20-16-18-10-5-1-2-6-11(10)19-16)12-8-9-4-3-7-13(21(23)24)14(9)17-12/h1-8,17H,(H2,18,19,20,22). The Balaban J connectivity index is 1.68. The lowest BCUT2D eigenvalue weighted by molar-refractivity contribution is -0.383. The fraction of sp³-hybridized carbons (Fsp3) is 0. The number of fused-ring (bicyclic) bond motifs is 2. The van der Waals surface area contributed by atoms with Crippen molar-refractivity contribution in [1.82, 2.24) is 15.0 Å². The lowest BCUT2D eigenvalue weighted by atomic mass is 10.2. The van der Waals surface area contributed by atoms with E-state index in [1.54, 1.807) is 18.2 Å². The summed E-state index contributed by atoms with van der Waals surface area (Å²) in [6, 6.07) is 13.6. The minimum absolute atomic E-state index is 0.0738. The third-order valence-electron chi connectivity index (χ3n) is 3.70. The number of aromatic amines is 2. The number of imidazole rings is 1. The Morgan fingerprint density at radius 3 is 2.75 bits per heavy atom. The quantitative estimate of drug-likeness (QED) is 0.397. The molecule has 8 heteroatoms. The van der Waals surface area contributed by atoms with Crippen LogP contribution in [-0.4, -0.2) is 25.8 Å². The van der Waals surface area contributed by atoms with Crippen LogP contribution in [0.3, 0.4) is 0 Å². The Kier molecular flexibility index (Phi) is 3.02. The highest BCUT2D eigenvalue weighted by Crippen LogP contribution is 2.25. The van der Waals surface area contributed by atoms with Gasteiger partial charge >= 0.3 is 0 Å². The molecular weight excluding hydrogens is 310 g/mol. The third kappa shape index (κ3) is 2.26. The Labute approximate surface area is 134 Å². The number of H-pyrrole nitrogens is 2. The zero-order chi connectivity index (χ0) is 16.7. The minimum atomic E-state index is -0.486. The predicted octanol–water partition coefficient (Wildman–Crippen LogP) is 3.20. The van der Waals surface area contributed by atoms with Crippen molar-refractivity contribution in [3.63, 3.8) is 0 Å². The number of carbonyl (C=O) groups excluding carboxylic acids is 1. The molecule has 8 nitrogen and oxygen atoms in total. The molecule has 2 aromatic carbocycles. The number of rotatable bonds is 3. The Bertz CT molecular complexity index is 1060. The number of nitro groups is 1. The van der Waals surface area contributed by atoms with E-state index in [4.69, 9.17) is 0 Å². The maximum absolute atomic E-state index is 12.4. The van der Waals surface area contributed by atoms with Crippen LogP contribution in [0.2, 0.25) is 0 Å². The van der Waals surface area contributed by atoms with E-state index in [9.17, 15) is 14.9 Å². The van der Waals surface area contributed by atoms with Crippen LogP contribution < -0.4 is 5.32 Å². The van der Waals surface area contributed by atoms with Gasteiger partial charge in [-0.25, -0.2) is 4.98 Å². The Morgan fingerprint density at radius 2 is 1.96 bits per heavy atom. The molecule has 4 aromatic rings. The van der Waals surface area contributed by atoms with Crippen LogP contribution in [0, 0.1) is 10.1 Å². The van der Waals surface area contributed by atoms with Gasteiger partial charge in [0.05, 0.1) is 16.0 Å². The molecule has 2 aromatic heterocycles. The van der Waals surface area contributed by atoms with Crippen molar-refractivity contribution in [2.45, 2.75) is 0 Å². The normalized spacial score (nSPS) is 11.0. The molecule has 0 fully saturated rings. The molecule has 0 radical (unpaired) electrons. The highest BCUT2D eigenvalue weighted by atomic mass is 16.6. The minimum Gasteiger partial charge on any atom is -0.345 e. The molecule has 0 aliphatic heterocycles. The van der Waals surface area contributed by atoms with E-state index < -0.39 is 10.8 Å². The summed E-state index contributed by atoms with van der Waals surface area (Å²) in [6.07, 6.45) is 0. The molecule has 0 aliphatic carbocycles. The zero-order valence-corrected chi connectivity index (χ0v) is 12.2. The maximum atomic E-state index is 12.4. The number of nitrogens with zero attached hydrogens (tertiary/aromatic N) is 2.